The van der Waals surface area contributed by atoms with Gasteiger partial charge in [0.1, 0.15) is 0 Å². The summed E-state index contributed by atoms with van der Waals surface area (Å²) in [5.41, 5.74) is 0. The second-order valence-corrected chi connectivity index (χ2v) is 4.45. The van der Waals surface area contributed by atoms with Crippen LogP contribution in [0.5, 0.6) is 0 Å². The Balaban J connectivity index is 2.92. The van der Waals surface area contributed by atoms with E-state index < -0.39 is 0 Å². The van der Waals surface area contributed by atoms with Crippen LogP contribution in [0.2, 0.25) is 10.0 Å². The predicted octanol–water partition coefficient (Wildman–Crippen LogP) is 4.91. The van der Waals surface area contributed by atoms with Gasteiger partial charge in [-0.3, -0.25) is 0 Å². The summed E-state index contributed by atoms with van der Waals surface area (Å²) in [5, 5.41) is 3.41. The summed E-state index contributed by atoms with van der Waals surface area (Å²) in [7, 11) is 0. The van der Waals surface area contributed by atoms with E-state index >= 15 is 0 Å². The van der Waals surface area contributed by atoms with E-state index in [0.717, 1.165) is 25.3 Å². The van der Waals surface area contributed by atoms with Gasteiger partial charge >= 0.3 is 0 Å². The summed E-state index contributed by atoms with van der Waals surface area (Å²) in [5.74, 6) is 0. The fourth-order valence-corrected chi connectivity index (χ4v) is 2.06. The van der Waals surface area contributed by atoms with E-state index in [4.69, 9.17) is 23.2 Å². The molecule has 66 valence electrons. The molecule has 0 aliphatic carbocycles. The maximum absolute atomic E-state index is 6.02. The zero-order chi connectivity index (χ0) is 9.42. The Hall–Kier alpha value is -0.240. The second kappa shape index (κ2) is 3.49. The average Bonchev–Trinajstić information content (AvgIpc) is 2.12. The molecule has 0 aromatic heterocycles. The molecule has 0 atom stereocenters. The molecule has 2 aromatic rings. The van der Waals surface area contributed by atoms with Gasteiger partial charge in [0.05, 0.1) is 0 Å². The lowest BCUT2D eigenvalue weighted by Gasteiger charge is -2.02. The van der Waals surface area contributed by atoms with Crippen molar-refractivity contribution in [2.45, 2.75) is 0 Å². The van der Waals surface area contributed by atoms with Crippen molar-refractivity contribution in [1.29, 1.82) is 0 Å². The van der Waals surface area contributed by atoms with Crippen molar-refractivity contribution in [3.8, 4) is 0 Å². The van der Waals surface area contributed by atoms with E-state index in [9.17, 15) is 0 Å². The van der Waals surface area contributed by atoms with Crippen molar-refractivity contribution in [3.63, 3.8) is 0 Å². The van der Waals surface area contributed by atoms with Crippen molar-refractivity contribution in [1.82, 2.24) is 0 Å². The van der Waals surface area contributed by atoms with Crippen molar-refractivity contribution >= 4 is 49.9 Å². The van der Waals surface area contributed by atoms with Crippen LogP contribution >= 0.6 is 39.1 Å². The summed E-state index contributed by atoms with van der Waals surface area (Å²) >= 11 is 15.4. The highest BCUT2D eigenvalue weighted by Gasteiger charge is 2.02. The molecule has 0 heterocycles. The predicted molar refractivity (Wildman–Crippen MR) is 61.7 cm³/mol. The lowest BCUT2D eigenvalue weighted by molar-refractivity contribution is 1.70. The fraction of sp³-hybridized carbons (Fsp3) is 0. The minimum atomic E-state index is 0.723. The largest absolute Gasteiger partial charge is 0.0837 e. The topological polar surface area (TPSA) is 0 Å². The molecule has 0 aliphatic rings. The van der Waals surface area contributed by atoms with Crippen LogP contribution < -0.4 is 0 Å². The molecule has 0 N–H and O–H groups in total. The number of hydrogen-bond acceptors (Lipinski definition) is 0. The van der Waals surface area contributed by atoms with E-state index in [0.29, 0.717) is 0 Å². The monoisotopic (exact) mass is 274 g/mol. The zero-order valence-corrected chi connectivity index (χ0v) is 9.62. The standard InChI is InChI=1S/C10H5BrCl2/c11-6-1-2-7-8(5-6)10(13)4-3-9(7)12/h1-5H. The van der Waals surface area contributed by atoms with Gasteiger partial charge in [-0.2, -0.15) is 0 Å². The minimum Gasteiger partial charge on any atom is -0.0837 e. The maximum atomic E-state index is 6.02. The molecule has 0 bridgehead atoms. The fourth-order valence-electron chi connectivity index (χ4n) is 1.25. The molecule has 0 fully saturated rings. The van der Waals surface area contributed by atoms with Crippen molar-refractivity contribution in [2.24, 2.45) is 0 Å². The highest BCUT2D eigenvalue weighted by Crippen LogP contribution is 2.31. The molecule has 0 radical (unpaired) electrons. The second-order valence-electron chi connectivity index (χ2n) is 2.72. The Bertz CT molecular complexity index is 466. The molecule has 0 saturated carbocycles. The van der Waals surface area contributed by atoms with E-state index in [1.807, 2.05) is 18.2 Å². The van der Waals surface area contributed by atoms with Crippen molar-refractivity contribution in [2.75, 3.05) is 0 Å². The summed E-state index contributed by atoms with van der Waals surface area (Å²) in [6.45, 7) is 0. The molecule has 0 amide bonds. The Morgan fingerprint density at radius 2 is 1.46 bits per heavy atom. The number of hydrogen-bond donors (Lipinski definition) is 0. The molecule has 0 nitrogen and oxygen atoms in total. The van der Waals surface area contributed by atoms with Gasteiger partial charge in [-0.05, 0) is 24.3 Å². The highest BCUT2D eigenvalue weighted by molar-refractivity contribution is 9.10. The number of benzene rings is 2. The molecule has 0 aliphatic heterocycles. The van der Waals surface area contributed by atoms with Crippen molar-refractivity contribution < 1.29 is 0 Å². The summed E-state index contributed by atoms with van der Waals surface area (Å²) in [6.07, 6.45) is 0. The Morgan fingerprint density at radius 1 is 0.846 bits per heavy atom. The van der Waals surface area contributed by atoms with Crippen molar-refractivity contribution in [3.05, 3.63) is 44.8 Å². The molecule has 2 aromatic carbocycles. The first-order valence-electron chi connectivity index (χ1n) is 3.72. The van der Waals surface area contributed by atoms with E-state index in [1.54, 1.807) is 12.1 Å². The molecular weight excluding hydrogens is 271 g/mol. The Labute approximate surface area is 94.6 Å². The third-order valence-corrected chi connectivity index (χ3v) is 3.02. The van der Waals surface area contributed by atoms with Gasteiger partial charge in [-0.15, -0.1) is 0 Å². The third kappa shape index (κ3) is 1.69. The molecule has 2 rings (SSSR count). The van der Waals surface area contributed by atoms with Gasteiger partial charge in [-0.25, -0.2) is 0 Å². The number of fused-ring (bicyclic) bond motifs is 1. The smallest absolute Gasteiger partial charge is 0.0485 e. The van der Waals surface area contributed by atoms with Gasteiger partial charge in [-0.1, -0.05) is 45.2 Å². The quantitative estimate of drug-likeness (QED) is 0.641. The van der Waals surface area contributed by atoms with Gasteiger partial charge < -0.3 is 0 Å². The molecule has 3 heteroatoms. The first-order valence-corrected chi connectivity index (χ1v) is 5.26. The summed E-state index contributed by atoms with van der Waals surface area (Å²) in [6, 6.07) is 9.47. The van der Waals surface area contributed by atoms with Crippen LogP contribution in [0.3, 0.4) is 0 Å². The Kier molecular flexibility index (Phi) is 2.50. The highest BCUT2D eigenvalue weighted by atomic mass is 79.9. The first kappa shape index (κ1) is 9.32. The SMILES string of the molecule is Clc1ccc(Cl)c2cc(Br)ccc12. The lowest BCUT2D eigenvalue weighted by Crippen LogP contribution is -1.76. The Morgan fingerprint density at radius 3 is 2.15 bits per heavy atom. The van der Waals surface area contributed by atoms with Crippen LogP contribution in [0, 0.1) is 0 Å². The molecule has 0 unspecified atom stereocenters. The normalized spacial score (nSPS) is 10.7. The number of rotatable bonds is 0. The van der Waals surface area contributed by atoms with Gasteiger partial charge in [0.15, 0.2) is 0 Å². The molecule has 13 heavy (non-hydrogen) atoms. The van der Waals surface area contributed by atoms with Crippen LogP contribution in [-0.2, 0) is 0 Å². The maximum Gasteiger partial charge on any atom is 0.0485 e. The average molecular weight is 276 g/mol. The van der Waals surface area contributed by atoms with Crippen LogP contribution in [0.4, 0.5) is 0 Å². The van der Waals surface area contributed by atoms with Crippen LogP contribution in [0.1, 0.15) is 0 Å². The van der Waals surface area contributed by atoms with Crippen LogP contribution in [-0.4, -0.2) is 0 Å². The molecule has 0 spiro atoms. The van der Waals surface area contributed by atoms with E-state index in [2.05, 4.69) is 15.9 Å². The van der Waals surface area contributed by atoms with Gasteiger partial charge in [0.2, 0.25) is 0 Å². The summed E-state index contributed by atoms with van der Waals surface area (Å²) < 4.78 is 1.00. The summed E-state index contributed by atoms with van der Waals surface area (Å²) in [4.78, 5) is 0. The zero-order valence-electron chi connectivity index (χ0n) is 6.52. The lowest BCUT2D eigenvalue weighted by atomic mass is 10.1. The van der Waals surface area contributed by atoms with E-state index in [1.165, 1.54) is 0 Å². The van der Waals surface area contributed by atoms with E-state index in [-0.39, 0.29) is 0 Å². The van der Waals surface area contributed by atoms with Gasteiger partial charge in [0.25, 0.3) is 0 Å². The number of halogens is 3. The molecule has 0 saturated heterocycles. The van der Waals surface area contributed by atoms with Gasteiger partial charge in [0, 0.05) is 25.3 Å². The third-order valence-electron chi connectivity index (χ3n) is 1.87. The first-order chi connectivity index (χ1) is 6.18. The minimum absolute atomic E-state index is 0.723. The van der Waals surface area contributed by atoms with Crippen LogP contribution in [0.25, 0.3) is 10.8 Å². The van der Waals surface area contributed by atoms with Crippen LogP contribution in [0.15, 0.2) is 34.8 Å². The molecular formula is C10H5BrCl2.